The van der Waals surface area contributed by atoms with Crippen molar-refractivity contribution in [1.29, 1.82) is 0 Å². The fourth-order valence-corrected chi connectivity index (χ4v) is 3.42. The van der Waals surface area contributed by atoms with Crippen molar-refractivity contribution in [3.63, 3.8) is 0 Å². The number of benzene rings is 3. The molecular formula is C25H24N4O2. The van der Waals surface area contributed by atoms with Gasteiger partial charge in [-0.05, 0) is 65.2 Å². The van der Waals surface area contributed by atoms with Gasteiger partial charge in [0.25, 0.3) is 0 Å². The molecule has 0 N–H and O–H groups in total. The van der Waals surface area contributed by atoms with E-state index in [1.54, 1.807) is 29.1 Å². The second-order valence-corrected chi connectivity index (χ2v) is 7.36. The molecule has 6 heteroatoms. The number of hydrogen-bond acceptors (Lipinski definition) is 4. The number of nitrogens with zero attached hydrogens (tertiary/aromatic N) is 4. The van der Waals surface area contributed by atoms with Crippen LogP contribution in [-0.4, -0.2) is 39.7 Å². The number of amides is 1. The molecule has 0 bridgehead atoms. The molecule has 0 unspecified atom stereocenters. The van der Waals surface area contributed by atoms with Crippen LogP contribution in [-0.2, 0) is 4.79 Å². The Morgan fingerprint density at radius 2 is 1.81 bits per heavy atom. The van der Waals surface area contributed by atoms with E-state index < -0.39 is 0 Å². The normalized spacial score (nSPS) is 12.2. The Morgan fingerprint density at radius 1 is 1.06 bits per heavy atom. The molecule has 3 aromatic carbocycles. The minimum absolute atomic E-state index is 0.0531. The number of carbonyl (C=O) groups excluding carboxylic acids is 1. The molecular weight excluding hydrogens is 388 g/mol. The van der Waals surface area contributed by atoms with E-state index in [9.17, 15) is 4.79 Å². The Bertz CT molecular complexity index is 1210. The summed E-state index contributed by atoms with van der Waals surface area (Å²) in [4.78, 5) is 18.4. The zero-order valence-electron chi connectivity index (χ0n) is 17.8. The average molecular weight is 412 g/mol. The molecule has 0 aliphatic rings. The maximum absolute atomic E-state index is 12.7. The summed E-state index contributed by atoms with van der Waals surface area (Å²) in [7, 11) is 3.47. The molecule has 1 heterocycles. The fourth-order valence-electron chi connectivity index (χ4n) is 3.42. The molecule has 1 atom stereocenters. The molecule has 0 spiro atoms. The first kappa shape index (κ1) is 20.3. The Kier molecular flexibility index (Phi) is 5.80. The second kappa shape index (κ2) is 8.83. The van der Waals surface area contributed by atoms with Crippen molar-refractivity contribution in [3.05, 3.63) is 90.5 Å². The number of rotatable bonds is 6. The van der Waals surface area contributed by atoms with Crippen molar-refractivity contribution < 1.29 is 9.53 Å². The van der Waals surface area contributed by atoms with Gasteiger partial charge in [0.1, 0.15) is 18.4 Å². The van der Waals surface area contributed by atoms with E-state index in [2.05, 4.69) is 16.1 Å². The van der Waals surface area contributed by atoms with Gasteiger partial charge in [0.15, 0.2) is 0 Å². The molecule has 0 saturated heterocycles. The predicted molar refractivity (Wildman–Crippen MR) is 122 cm³/mol. The highest BCUT2D eigenvalue weighted by Gasteiger charge is 2.15. The lowest BCUT2D eigenvalue weighted by Gasteiger charge is -2.24. The lowest BCUT2D eigenvalue weighted by Crippen LogP contribution is -2.27. The smallest absolute Gasteiger partial charge is 0.246 e. The van der Waals surface area contributed by atoms with Gasteiger partial charge in [0.05, 0.1) is 18.8 Å². The van der Waals surface area contributed by atoms with Crippen LogP contribution in [0.25, 0.3) is 22.5 Å². The SMILES string of the molecule is COc1ccc2cc(/C=C/C(=O)N(C)[C@H](C)c3ccc(-n4cncn4)cc3)ccc2c1. The Hall–Kier alpha value is -3.93. The summed E-state index contributed by atoms with van der Waals surface area (Å²) >= 11 is 0. The number of aromatic nitrogens is 3. The first-order chi connectivity index (χ1) is 15.0. The lowest BCUT2D eigenvalue weighted by molar-refractivity contribution is -0.126. The minimum atomic E-state index is -0.0639. The number of carbonyl (C=O) groups is 1. The van der Waals surface area contributed by atoms with Crippen LogP contribution in [0.3, 0.4) is 0 Å². The van der Waals surface area contributed by atoms with Crippen LogP contribution in [0.4, 0.5) is 0 Å². The first-order valence-corrected chi connectivity index (χ1v) is 10.0. The molecule has 0 fully saturated rings. The maximum Gasteiger partial charge on any atom is 0.246 e. The summed E-state index contributed by atoms with van der Waals surface area (Å²) in [6, 6.07) is 19.9. The summed E-state index contributed by atoms with van der Waals surface area (Å²) < 4.78 is 6.97. The Balaban J connectivity index is 1.45. The quantitative estimate of drug-likeness (QED) is 0.432. The van der Waals surface area contributed by atoms with Gasteiger partial charge >= 0.3 is 0 Å². The van der Waals surface area contributed by atoms with Crippen LogP contribution in [0, 0.1) is 0 Å². The van der Waals surface area contributed by atoms with Gasteiger partial charge in [-0.3, -0.25) is 4.79 Å². The van der Waals surface area contributed by atoms with Crippen molar-refractivity contribution in [2.75, 3.05) is 14.2 Å². The van der Waals surface area contributed by atoms with Crippen molar-refractivity contribution in [2.24, 2.45) is 0 Å². The Morgan fingerprint density at radius 3 is 2.52 bits per heavy atom. The summed E-state index contributed by atoms with van der Waals surface area (Å²) in [5.41, 5.74) is 2.95. The lowest BCUT2D eigenvalue weighted by atomic mass is 10.1. The average Bonchev–Trinajstić information content (AvgIpc) is 3.36. The van der Waals surface area contributed by atoms with Crippen LogP contribution in [0.1, 0.15) is 24.1 Å². The monoisotopic (exact) mass is 412 g/mol. The highest BCUT2D eigenvalue weighted by molar-refractivity contribution is 5.93. The first-order valence-electron chi connectivity index (χ1n) is 10.0. The van der Waals surface area contributed by atoms with Gasteiger partial charge in [0, 0.05) is 13.1 Å². The van der Waals surface area contributed by atoms with E-state index in [-0.39, 0.29) is 11.9 Å². The number of hydrogen-bond donors (Lipinski definition) is 0. The standard InChI is InChI=1S/C25H24N4O2/c1-18(20-7-10-23(11-8-20)29-17-26-16-27-29)28(2)25(30)13-5-19-4-6-22-15-24(31-3)12-9-21(22)14-19/h4-18H,1-3H3/b13-5+/t18-/m1/s1. The van der Waals surface area contributed by atoms with E-state index in [0.29, 0.717) is 0 Å². The van der Waals surface area contributed by atoms with Gasteiger partial charge in [-0.1, -0.05) is 30.3 Å². The van der Waals surface area contributed by atoms with Crippen LogP contribution in [0.5, 0.6) is 5.75 Å². The van der Waals surface area contributed by atoms with Crippen LogP contribution < -0.4 is 4.74 Å². The fraction of sp³-hybridized carbons (Fsp3) is 0.160. The highest BCUT2D eigenvalue weighted by atomic mass is 16.5. The third kappa shape index (κ3) is 4.48. The molecule has 0 aliphatic carbocycles. The molecule has 0 radical (unpaired) electrons. The molecule has 4 rings (SSSR count). The number of ether oxygens (including phenoxy) is 1. The van der Waals surface area contributed by atoms with E-state index in [0.717, 1.165) is 33.3 Å². The zero-order valence-corrected chi connectivity index (χ0v) is 17.8. The summed E-state index contributed by atoms with van der Waals surface area (Å²) in [6.07, 6.45) is 6.62. The van der Waals surface area contributed by atoms with Gasteiger partial charge in [-0.15, -0.1) is 0 Å². The van der Waals surface area contributed by atoms with Gasteiger partial charge in [-0.25, -0.2) is 9.67 Å². The number of methoxy groups -OCH3 is 1. The van der Waals surface area contributed by atoms with Crippen molar-refractivity contribution >= 4 is 22.8 Å². The number of fused-ring (bicyclic) bond motifs is 1. The van der Waals surface area contributed by atoms with Gasteiger partial charge in [0.2, 0.25) is 5.91 Å². The maximum atomic E-state index is 12.7. The molecule has 31 heavy (non-hydrogen) atoms. The predicted octanol–water partition coefficient (Wildman–Crippen LogP) is 4.66. The molecule has 4 aromatic rings. The topological polar surface area (TPSA) is 60.2 Å². The van der Waals surface area contributed by atoms with Gasteiger partial charge < -0.3 is 9.64 Å². The molecule has 0 aliphatic heterocycles. The van der Waals surface area contributed by atoms with Crippen molar-refractivity contribution in [3.8, 4) is 11.4 Å². The minimum Gasteiger partial charge on any atom is -0.497 e. The summed E-state index contributed by atoms with van der Waals surface area (Å²) in [5, 5.41) is 6.33. The third-order valence-corrected chi connectivity index (χ3v) is 5.48. The molecule has 1 aromatic heterocycles. The molecule has 6 nitrogen and oxygen atoms in total. The van der Waals surface area contributed by atoms with E-state index in [1.165, 1.54) is 6.33 Å². The van der Waals surface area contributed by atoms with Crippen molar-refractivity contribution in [2.45, 2.75) is 13.0 Å². The van der Waals surface area contributed by atoms with E-state index in [4.69, 9.17) is 4.74 Å². The van der Waals surface area contributed by atoms with Gasteiger partial charge in [-0.2, -0.15) is 5.10 Å². The van der Waals surface area contributed by atoms with Crippen LogP contribution >= 0.6 is 0 Å². The zero-order chi connectivity index (χ0) is 21.8. The molecule has 1 amide bonds. The largest absolute Gasteiger partial charge is 0.497 e. The van der Waals surface area contributed by atoms with Crippen molar-refractivity contribution in [1.82, 2.24) is 19.7 Å². The Labute approximate surface area is 181 Å². The van der Waals surface area contributed by atoms with E-state index >= 15 is 0 Å². The summed E-state index contributed by atoms with van der Waals surface area (Å²) in [5.74, 6) is 0.776. The third-order valence-electron chi connectivity index (χ3n) is 5.48. The van der Waals surface area contributed by atoms with Crippen LogP contribution in [0.2, 0.25) is 0 Å². The van der Waals surface area contributed by atoms with E-state index in [1.807, 2.05) is 74.6 Å². The van der Waals surface area contributed by atoms with Crippen LogP contribution in [0.15, 0.2) is 79.4 Å². The second-order valence-electron chi connectivity index (χ2n) is 7.36. The summed E-state index contributed by atoms with van der Waals surface area (Å²) in [6.45, 7) is 2.01. The molecule has 0 saturated carbocycles. The number of likely N-dealkylation sites (N-methyl/N-ethyl adjacent to an activating group) is 1. The highest BCUT2D eigenvalue weighted by Crippen LogP contribution is 2.23. The molecule has 156 valence electrons.